The Hall–Kier alpha value is -3.24. The smallest absolute Gasteiger partial charge is 0.303 e. The van der Waals surface area contributed by atoms with Crippen LogP contribution in [0.4, 0.5) is 0 Å². The Bertz CT molecular complexity index is 1330. The number of rotatable bonds is 12. The summed E-state index contributed by atoms with van der Waals surface area (Å²) < 4.78 is 31.4. The SMILES string of the molecule is CCc1ccc(-c2oc3nc(CN(CCCCC(=O)O)[SH](=O)=O)c(C4CC4)cc3c2C(=O)NC)cc1. The normalized spacial score (nSPS) is 13.6. The number of hydrogen-bond donors (Lipinski definition) is 3. The molecule has 1 saturated carbocycles. The number of unbranched alkanes of at least 4 members (excludes halogenated alkanes) is 1. The Kier molecular flexibility index (Phi) is 8.05. The van der Waals surface area contributed by atoms with E-state index in [4.69, 9.17) is 14.5 Å². The summed E-state index contributed by atoms with van der Waals surface area (Å²) in [5.74, 6) is -0.489. The number of fused-ring (bicyclic) bond motifs is 1. The van der Waals surface area contributed by atoms with Gasteiger partial charge in [-0.2, -0.15) is 4.31 Å². The van der Waals surface area contributed by atoms with Gasteiger partial charge in [0, 0.05) is 25.6 Å². The van der Waals surface area contributed by atoms with Gasteiger partial charge in [0.25, 0.3) is 5.91 Å². The second-order valence-corrected chi connectivity index (χ2v) is 10.1. The number of aryl methyl sites for hydroxylation is 1. The van der Waals surface area contributed by atoms with Gasteiger partial charge in [0.1, 0.15) is 5.76 Å². The monoisotopic (exact) mass is 513 g/mol. The highest BCUT2D eigenvalue weighted by Gasteiger charge is 2.31. The van der Waals surface area contributed by atoms with E-state index in [1.54, 1.807) is 7.05 Å². The van der Waals surface area contributed by atoms with Crippen molar-refractivity contribution in [3.63, 3.8) is 0 Å². The maximum absolute atomic E-state index is 12.9. The van der Waals surface area contributed by atoms with Crippen LogP contribution in [0.15, 0.2) is 34.7 Å². The minimum Gasteiger partial charge on any atom is -0.481 e. The van der Waals surface area contributed by atoms with E-state index in [1.807, 2.05) is 30.3 Å². The number of carboxylic acids is 1. The van der Waals surface area contributed by atoms with Crippen LogP contribution in [0, 0.1) is 0 Å². The zero-order chi connectivity index (χ0) is 25.8. The largest absolute Gasteiger partial charge is 0.481 e. The first-order valence-electron chi connectivity index (χ1n) is 12.2. The van der Waals surface area contributed by atoms with Crippen molar-refractivity contribution in [2.24, 2.45) is 0 Å². The van der Waals surface area contributed by atoms with Gasteiger partial charge in [0.05, 0.1) is 23.2 Å². The Balaban J connectivity index is 1.74. The molecule has 1 fully saturated rings. The van der Waals surface area contributed by atoms with Crippen LogP contribution < -0.4 is 5.32 Å². The Morgan fingerprint density at radius 1 is 1.19 bits per heavy atom. The van der Waals surface area contributed by atoms with Gasteiger partial charge in [0.15, 0.2) is 0 Å². The molecule has 192 valence electrons. The molecule has 1 amide bonds. The van der Waals surface area contributed by atoms with Crippen molar-refractivity contribution in [3.8, 4) is 11.3 Å². The van der Waals surface area contributed by atoms with Crippen LogP contribution >= 0.6 is 0 Å². The highest BCUT2D eigenvalue weighted by atomic mass is 32.2. The van der Waals surface area contributed by atoms with Crippen LogP contribution in [0.1, 0.15) is 72.1 Å². The van der Waals surface area contributed by atoms with Gasteiger partial charge in [-0.05, 0) is 55.2 Å². The van der Waals surface area contributed by atoms with Gasteiger partial charge in [0.2, 0.25) is 16.6 Å². The molecule has 2 heterocycles. The predicted octanol–water partition coefficient (Wildman–Crippen LogP) is 3.88. The van der Waals surface area contributed by atoms with Gasteiger partial charge >= 0.3 is 5.97 Å². The maximum atomic E-state index is 12.9. The van der Waals surface area contributed by atoms with Gasteiger partial charge in [-0.15, -0.1) is 0 Å². The van der Waals surface area contributed by atoms with Crippen LogP contribution in [-0.4, -0.2) is 48.3 Å². The van der Waals surface area contributed by atoms with Crippen molar-refractivity contribution >= 4 is 33.9 Å². The van der Waals surface area contributed by atoms with E-state index >= 15 is 0 Å². The number of benzene rings is 1. The molecule has 4 rings (SSSR count). The summed E-state index contributed by atoms with van der Waals surface area (Å²) in [6.45, 7) is 2.36. The molecular formula is C26H31N3O6S. The number of thiol groups is 1. The van der Waals surface area contributed by atoms with E-state index < -0.39 is 16.9 Å². The zero-order valence-corrected chi connectivity index (χ0v) is 21.3. The van der Waals surface area contributed by atoms with Gasteiger partial charge < -0.3 is 14.8 Å². The number of aliphatic carboxylic acids is 1. The molecule has 36 heavy (non-hydrogen) atoms. The van der Waals surface area contributed by atoms with E-state index in [0.29, 0.717) is 35.2 Å². The fourth-order valence-corrected chi connectivity index (χ4v) is 4.91. The minimum absolute atomic E-state index is 0.00229. The lowest BCUT2D eigenvalue weighted by Crippen LogP contribution is -2.24. The van der Waals surface area contributed by atoms with Crippen LogP contribution in [0.5, 0.6) is 0 Å². The molecule has 2 N–H and O–H groups in total. The molecule has 1 aliphatic rings. The number of carbonyl (C=O) groups is 2. The standard InChI is InChI=1S/C26H31N3O6S/c1-3-16-7-9-18(10-8-16)24-23(25(32)27-2)20-14-19(17-11-12-17)21(28-26(20)35-24)15-29(36(33)34)13-5-4-6-22(30)31/h7-10,14,17,36H,3-6,11-13,15H2,1-2H3,(H,27,32)(H,30,31). The number of aromatic nitrogens is 1. The third-order valence-electron chi connectivity index (χ3n) is 6.51. The third kappa shape index (κ3) is 5.76. The number of nitrogens with zero attached hydrogens (tertiary/aromatic N) is 2. The molecule has 0 unspecified atom stereocenters. The van der Waals surface area contributed by atoms with E-state index in [9.17, 15) is 18.0 Å². The molecule has 3 aromatic rings. The number of carbonyl (C=O) groups excluding carboxylic acids is 1. The number of nitrogens with one attached hydrogen (secondary N) is 1. The first kappa shape index (κ1) is 25.8. The summed E-state index contributed by atoms with van der Waals surface area (Å²) in [7, 11) is -1.31. The number of amides is 1. The van der Waals surface area contributed by atoms with Crippen molar-refractivity contribution in [3.05, 3.63) is 52.7 Å². The van der Waals surface area contributed by atoms with Crippen LogP contribution in [0.3, 0.4) is 0 Å². The second-order valence-electron chi connectivity index (χ2n) is 9.06. The first-order chi connectivity index (χ1) is 17.3. The van der Waals surface area contributed by atoms with Crippen molar-refractivity contribution in [2.45, 2.75) is 57.9 Å². The van der Waals surface area contributed by atoms with Crippen LogP contribution in [0.2, 0.25) is 0 Å². The van der Waals surface area contributed by atoms with E-state index in [0.717, 1.165) is 30.4 Å². The fraction of sp³-hybridized carbons (Fsp3) is 0.423. The molecule has 9 nitrogen and oxygen atoms in total. The summed E-state index contributed by atoms with van der Waals surface area (Å²) in [5.41, 5.74) is 4.16. The average Bonchev–Trinajstić information content (AvgIpc) is 3.65. The second kappa shape index (κ2) is 11.2. The average molecular weight is 514 g/mol. The van der Waals surface area contributed by atoms with Crippen molar-refractivity contribution in [1.82, 2.24) is 14.6 Å². The molecule has 0 atom stereocenters. The van der Waals surface area contributed by atoms with Gasteiger partial charge in [-0.3, -0.25) is 9.59 Å². The van der Waals surface area contributed by atoms with Crippen molar-refractivity contribution in [2.75, 3.05) is 13.6 Å². The van der Waals surface area contributed by atoms with E-state index in [1.165, 1.54) is 9.87 Å². The third-order valence-corrected chi connectivity index (χ3v) is 7.31. The van der Waals surface area contributed by atoms with Crippen LogP contribution in [-0.2, 0) is 28.7 Å². The topological polar surface area (TPSA) is 130 Å². The maximum Gasteiger partial charge on any atom is 0.303 e. The summed E-state index contributed by atoms with van der Waals surface area (Å²) in [4.78, 5) is 28.4. The van der Waals surface area contributed by atoms with Crippen molar-refractivity contribution < 1.29 is 27.5 Å². The molecular weight excluding hydrogens is 482 g/mol. The molecule has 0 saturated heterocycles. The highest BCUT2D eigenvalue weighted by Crippen LogP contribution is 2.44. The summed E-state index contributed by atoms with van der Waals surface area (Å²) in [5, 5.41) is 12.1. The van der Waals surface area contributed by atoms with Crippen molar-refractivity contribution in [1.29, 1.82) is 0 Å². The number of furan rings is 1. The Morgan fingerprint density at radius 2 is 1.92 bits per heavy atom. The summed E-state index contributed by atoms with van der Waals surface area (Å²) in [6, 6.07) is 9.77. The van der Waals surface area contributed by atoms with Crippen LogP contribution in [0.25, 0.3) is 22.4 Å². The molecule has 0 radical (unpaired) electrons. The molecule has 0 spiro atoms. The number of hydrogen-bond acceptors (Lipinski definition) is 6. The molecule has 0 aliphatic heterocycles. The quantitative estimate of drug-likeness (QED) is 0.248. The molecule has 10 heteroatoms. The minimum atomic E-state index is -2.88. The van der Waals surface area contributed by atoms with E-state index in [2.05, 4.69) is 12.2 Å². The zero-order valence-electron chi connectivity index (χ0n) is 20.5. The highest BCUT2D eigenvalue weighted by molar-refractivity contribution is 7.69. The molecule has 2 aromatic heterocycles. The summed E-state index contributed by atoms with van der Waals surface area (Å²) in [6.07, 6.45) is 3.67. The predicted molar refractivity (Wildman–Crippen MR) is 136 cm³/mol. The summed E-state index contributed by atoms with van der Waals surface area (Å²) >= 11 is 0. The van der Waals surface area contributed by atoms with E-state index in [-0.39, 0.29) is 37.0 Å². The molecule has 0 bridgehead atoms. The van der Waals surface area contributed by atoms with Gasteiger partial charge in [-0.1, -0.05) is 31.2 Å². The van der Waals surface area contributed by atoms with Gasteiger partial charge in [-0.25, -0.2) is 13.4 Å². The lowest BCUT2D eigenvalue weighted by Gasteiger charge is -2.17. The Morgan fingerprint density at radius 3 is 2.50 bits per heavy atom. The number of carboxylic acid groups (broad SMARTS) is 1. The first-order valence-corrected chi connectivity index (χ1v) is 13.3. The molecule has 1 aliphatic carbocycles. The molecule has 1 aromatic carbocycles. The lowest BCUT2D eigenvalue weighted by molar-refractivity contribution is -0.137. The fourth-order valence-electron chi connectivity index (χ4n) is 4.36. The lowest BCUT2D eigenvalue weighted by atomic mass is 10.0. The Labute approximate surface area is 211 Å². The number of pyridine rings is 1.